The van der Waals surface area contributed by atoms with E-state index in [-0.39, 0.29) is 12.0 Å². The zero-order chi connectivity index (χ0) is 20.3. The van der Waals surface area contributed by atoms with Crippen LogP contribution in [-0.2, 0) is 11.2 Å². The quantitative estimate of drug-likeness (QED) is 0.549. The summed E-state index contributed by atoms with van der Waals surface area (Å²) in [6.07, 6.45) is 3.01. The fourth-order valence-electron chi connectivity index (χ4n) is 4.95. The van der Waals surface area contributed by atoms with Crippen molar-refractivity contribution in [3.05, 3.63) is 95.6 Å². The summed E-state index contributed by atoms with van der Waals surface area (Å²) in [5, 5.41) is 0. The van der Waals surface area contributed by atoms with Crippen molar-refractivity contribution in [3.8, 4) is 11.1 Å². The summed E-state index contributed by atoms with van der Waals surface area (Å²) in [6.45, 7) is 1.97. The Labute approximate surface area is 178 Å². The van der Waals surface area contributed by atoms with Crippen LogP contribution in [0.3, 0.4) is 0 Å². The molecular weight excluding hydrogens is 370 g/mol. The lowest BCUT2D eigenvalue weighted by molar-refractivity contribution is 0.0856. The Balaban J connectivity index is 1.18. The molecule has 1 aliphatic heterocycles. The van der Waals surface area contributed by atoms with Gasteiger partial charge >= 0.3 is 6.09 Å². The second-order valence-corrected chi connectivity index (χ2v) is 8.42. The second-order valence-electron chi connectivity index (χ2n) is 8.42. The molecule has 1 heterocycles. The molecule has 3 aromatic carbocycles. The average molecular weight is 398 g/mol. The highest BCUT2D eigenvalue weighted by Gasteiger charge is 2.30. The molecular formula is C27H27NO2. The first kappa shape index (κ1) is 18.9. The third-order valence-electron chi connectivity index (χ3n) is 6.58. The van der Waals surface area contributed by atoms with Crippen LogP contribution in [0.1, 0.15) is 35.4 Å². The first-order valence-corrected chi connectivity index (χ1v) is 10.9. The number of hydrogen-bond donors (Lipinski definition) is 0. The molecule has 30 heavy (non-hydrogen) atoms. The van der Waals surface area contributed by atoms with Crippen LogP contribution in [0, 0.1) is 5.92 Å². The molecule has 1 saturated heterocycles. The van der Waals surface area contributed by atoms with Crippen LogP contribution in [0.25, 0.3) is 11.1 Å². The van der Waals surface area contributed by atoms with Crippen molar-refractivity contribution < 1.29 is 9.53 Å². The first-order valence-electron chi connectivity index (χ1n) is 10.9. The summed E-state index contributed by atoms with van der Waals surface area (Å²) in [7, 11) is 0. The van der Waals surface area contributed by atoms with E-state index in [9.17, 15) is 4.79 Å². The molecule has 152 valence electrons. The molecule has 0 unspecified atom stereocenters. The number of fused-ring (bicyclic) bond motifs is 3. The van der Waals surface area contributed by atoms with Gasteiger partial charge in [0.15, 0.2) is 0 Å². The van der Waals surface area contributed by atoms with Crippen LogP contribution in [0.2, 0.25) is 0 Å². The third-order valence-corrected chi connectivity index (χ3v) is 6.58. The number of hydrogen-bond acceptors (Lipinski definition) is 2. The Morgan fingerprint density at radius 1 is 0.800 bits per heavy atom. The van der Waals surface area contributed by atoms with Gasteiger partial charge in [0.25, 0.3) is 0 Å². The highest BCUT2D eigenvalue weighted by Crippen LogP contribution is 2.44. The number of rotatable bonds is 4. The molecule has 3 heteroatoms. The predicted octanol–water partition coefficient (Wildman–Crippen LogP) is 5.89. The summed E-state index contributed by atoms with van der Waals surface area (Å²) in [5.74, 6) is 0.766. The first-order chi connectivity index (χ1) is 14.8. The Morgan fingerprint density at radius 2 is 1.37 bits per heavy atom. The average Bonchev–Trinajstić information content (AvgIpc) is 3.12. The van der Waals surface area contributed by atoms with E-state index in [2.05, 4.69) is 78.9 Å². The Kier molecular flexibility index (Phi) is 5.27. The number of likely N-dealkylation sites (tertiary alicyclic amines) is 1. The molecule has 2 aliphatic rings. The number of ether oxygens (including phenoxy) is 1. The van der Waals surface area contributed by atoms with Gasteiger partial charge in [-0.1, -0.05) is 78.9 Å². The van der Waals surface area contributed by atoms with Crippen LogP contribution >= 0.6 is 0 Å². The van der Waals surface area contributed by atoms with E-state index in [0.29, 0.717) is 12.5 Å². The van der Waals surface area contributed by atoms with Crippen molar-refractivity contribution in [1.82, 2.24) is 4.90 Å². The molecule has 5 rings (SSSR count). The summed E-state index contributed by atoms with van der Waals surface area (Å²) in [5.41, 5.74) is 6.42. The van der Waals surface area contributed by atoms with E-state index in [1.165, 1.54) is 27.8 Å². The van der Waals surface area contributed by atoms with Gasteiger partial charge in [-0.15, -0.1) is 0 Å². The summed E-state index contributed by atoms with van der Waals surface area (Å²) >= 11 is 0. The van der Waals surface area contributed by atoms with Crippen molar-refractivity contribution in [3.63, 3.8) is 0 Å². The number of carbonyl (C=O) groups excluding carboxylic acids is 1. The van der Waals surface area contributed by atoms with Gasteiger partial charge in [0.1, 0.15) is 6.61 Å². The fourth-order valence-corrected chi connectivity index (χ4v) is 4.95. The van der Waals surface area contributed by atoms with E-state index >= 15 is 0 Å². The number of carbonyl (C=O) groups is 1. The largest absolute Gasteiger partial charge is 0.448 e. The monoisotopic (exact) mass is 397 g/mol. The molecule has 3 aromatic rings. The van der Waals surface area contributed by atoms with E-state index in [4.69, 9.17) is 4.74 Å². The standard InChI is InChI=1S/C27H27NO2/c29-27(28-16-14-21(15-17-28)18-20-8-2-1-3-9-20)30-19-26-24-12-6-4-10-22(24)23-11-5-7-13-25(23)26/h1-13,21,26H,14-19H2. The lowest BCUT2D eigenvalue weighted by Gasteiger charge is -2.31. The number of nitrogens with zero attached hydrogens (tertiary/aromatic N) is 1. The van der Waals surface area contributed by atoms with Crippen molar-refractivity contribution in [2.75, 3.05) is 19.7 Å². The zero-order valence-corrected chi connectivity index (χ0v) is 17.2. The molecule has 0 aromatic heterocycles. The molecule has 0 radical (unpaired) electrons. The molecule has 0 saturated carbocycles. The maximum absolute atomic E-state index is 12.7. The normalized spacial score (nSPS) is 16.2. The van der Waals surface area contributed by atoms with Crippen LogP contribution in [0.15, 0.2) is 78.9 Å². The SMILES string of the molecule is O=C(OCC1c2ccccc2-c2ccccc21)N1CCC(Cc2ccccc2)CC1. The third kappa shape index (κ3) is 3.72. The van der Waals surface area contributed by atoms with Gasteiger partial charge in [-0.2, -0.15) is 0 Å². The van der Waals surface area contributed by atoms with Crippen LogP contribution < -0.4 is 0 Å². The summed E-state index contributed by atoms with van der Waals surface area (Å²) in [4.78, 5) is 14.6. The number of piperidine rings is 1. The highest BCUT2D eigenvalue weighted by molar-refractivity contribution is 5.79. The predicted molar refractivity (Wildman–Crippen MR) is 120 cm³/mol. The zero-order valence-electron chi connectivity index (χ0n) is 17.2. The Hall–Kier alpha value is -3.07. The smallest absolute Gasteiger partial charge is 0.409 e. The van der Waals surface area contributed by atoms with Gasteiger partial charge in [0, 0.05) is 19.0 Å². The second kappa shape index (κ2) is 8.35. The summed E-state index contributed by atoms with van der Waals surface area (Å²) in [6, 6.07) is 27.6. The van der Waals surface area contributed by atoms with Crippen molar-refractivity contribution >= 4 is 6.09 Å². The van der Waals surface area contributed by atoms with Gasteiger partial charge in [-0.05, 0) is 53.0 Å². The number of amides is 1. The minimum Gasteiger partial charge on any atom is -0.448 e. The Morgan fingerprint density at radius 3 is 2.00 bits per heavy atom. The molecule has 0 spiro atoms. The fraction of sp³-hybridized carbons (Fsp3) is 0.296. The maximum Gasteiger partial charge on any atom is 0.409 e. The van der Waals surface area contributed by atoms with E-state index in [0.717, 1.165) is 32.4 Å². The Bertz CT molecular complexity index is 976. The topological polar surface area (TPSA) is 29.5 Å². The van der Waals surface area contributed by atoms with Crippen LogP contribution in [0.4, 0.5) is 4.79 Å². The molecule has 0 bridgehead atoms. The minimum atomic E-state index is -0.171. The summed E-state index contributed by atoms with van der Waals surface area (Å²) < 4.78 is 5.82. The number of benzene rings is 3. The molecule has 1 aliphatic carbocycles. The minimum absolute atomic E-state index is 0.122. The maximum atomic E-state index is 12.7. The van der Waals surface area contributed by atoms with Gasteiger partial charge in [-0.3, -0.25) is 0 Å². The van der Waals surface area contributed by atoms with E-state index in [1.54, 1.807) is 0 Å². The van der Waals surface area contributed by atoms with Gasteiger partial charge in [0.05, 0.1) is 0 Å². The van der Waals surface area contributed by atoms with Crippen LogP contribution in [0.5, 0.6) is 0 Å². The molecule has 1 fully saturated rings. The van der Waals surface area contributed by atoms with Gasteiger partial charge in [-0.25, -0.2) is 4.79 Å². The molecule has 3 nitrogen and oxygen atoms in total. The van der Waals surface area contributed by atoms with E-state index in [1.807, 2.05) is 4.90 Å². The van der Waals surface area contributed by atoms with Crippen molar-refractivity contribution in [2.24, 2.45) is 5.92 Å². The van der Waals surface area contributed by atoms with Gasteiger partial charge < -0.3 is 9.64 Å². The van der Waals surface area contributed by atoms with E-state index < -0.39 is 0 Å². The lowest BCUT2D eigenvalue weighted by atomic mass is 9.90. The van der Waals surface area contributed by atoms with Gasteiger partial charge in [0.2, 0.25) is 0 Å². The lowest BCUT2D eigenvalue weighted by Crippen LogP contribution is -2.39. The van der Waals surface area contributed by atoms with Crippen molar-refractivity contribution in [1.29, 1.82) is 0 Å². The molecule has 0 N–H and O–H groups in total. The van der Waals surface area contributed by atoms with Crippen molar-refractivity contribution in [2.45, 2.75) is 25.2 Å². The molecule has 1 amide bonds. The van der Waals surface area contributed by atoms with Crippen LogP contribution in [-0.4, -0.2) is 30.7 Å². The molecule has 0 atom stereocenters. The highest BCUT2D eigenvalue weighted by atomic mass is 16.6.